The van der Waals surface area contributed by atoms with Gasteiger partial charge in [0.1, 0.15) is 11.5 Å². The summed E-state index contributed by atoms with van der Waals surface area (Å²) in [5.41, 5.74) is 2.37. The third kappa shape index (κ3) is 3.76. The molecule has 0 saturated heterocycles. The van der Waals surface area contributed by atoms with Crippen LogP contribution in [0.1, 0.15) is 37.1 Å². The van der Waals surface area contributed by atoms with Gasteiger partial charge < -0.3 is 14.8 Å². The lowest BCUT2D eigenvalue weighted by molar-refractivity contribution is 0.387. The van der Waals surface area contributed by atoms with E-state index in [0.717, 1.165) is 17.1 Å². The van der Waals surface area contributed by atoms with Gasteiger partial charge in [0.05, 0.1) is 14.2 Å². The molecule has 0 aromatic heterocycles. The van der Waals surface area contributed by atoms with E-state index in [1.54, 1.807) is 14.2 Å². The quantitative estimate of drug-likeness (QED) is 0.866. The van der Waals surface area contributed by atoms with Gasteiger partial charge in [-0.3, -0.25) is 0 Å². The molecular formula is C18H23NO2. The van der Waals surface area contributed by atoms with Gasteiger partial charge in [0.15, 0.2) is 0 Å². The Morgan fingerprint density at radius 2 is 1.57 bits per heavy atom. The Morgan fingerprint density at radius 1 is 0.857 bits per heavy atom. The molecule has 0 radical (unpaired) electrons. The Morgan fingerprint density at radius 3 is 2.19 bits per heavy atom. The van der Waals surface area contributed by atoms with Gasteiger partial charge in [-0.15, -0.1) is 0 Å². The first kappa shape index (κ1) is 15.4. The maximum atomic E-state index is 5.46. The number of rotatable bonds is 6. The molecule has 0 heterocycles. The molecule has 0 aliphatic rings. The van der Waals surface area contributed by atoms with Gasteiger partial charge in [0.25, 0.3) is 0 Å². The lowest BCUT2D eigenvalue weighted by atomic mass is 10.0. The van der Waals surface area contributed by atoms with Gasteiger partial charge >= 0.3 is 0 Å². The Hall–Kier alpha value is -2.00. The molecule has 3 nitrogen and oxygen atoms in total. The molecule has 2 aromatic rings. The van der Waals surface area contributed by atoms with Crippen LogP contribution >= 0.6 is 0 Å². The molecule has 0 saturated carbocycles. The van der Waals surface area contributed by atoms with Crippen molar-refractivity contribution in [3.05, 3.63) is 59.7 Å². The van der Waals surface area contributed by atoms with Crippen LogP contribution in [0, 0.1) is 0 Å². The molecule has 2 unspecified atom stereocenters. The molecule has 21 heavy (non-hydrogen) atoms. The summed E-state index contributed by atoms with van der Waals surface area (Å²) in [6.07, 6.45) is 0. The fourth-order valence-electron chi connectivity index (χ4n) is 2.48. The minimum Gasteiger partial charge on any atom is -0.497 e. The summed E-state index contributed by atoms with van der Waals surface area (Å²) in [5, 5.41) is 3.60. The third-order valence-corrected chi connectivity index (χ3v) is 3.70. The molecular weight excluding hydrogens is 262 g/mol. The third-order valence-electron chi connectivity index (χ3n) is 3.70. The highest BCUT2D eigenvalue weighted by Crippen LogP contribution is 2.30. The largest absolute Gasteiger partial charge is 0.497 e. The molecule has 1 N–H and O–H groups in total. The molecule has 0 spiro atoms. The summed E-state index contributed by atoms with van der Waals surface area (Å²) >= 11 is 0. The highest BCUT2D eigenvalue weighted by atomic mass is 16.5. The van der Waals surface area contributed by atoms with Gasteiger partial charge in [-0.1, -0.05) is 30.3 Å². The van der Waals surface area contributed by atoms with Crippen molar-refractivity contribution in [2.75, 3.05) is 14.2 Å². The van der Waals surface area contributed by atoms with Crippen LogP contribution in [0.4, 0.5) is 0 Å². The zero-order valence-corrected chi connectivity index (χ0v) is 13.1. The average molecular weight is 285 g/mol. The van der Waals surface area contributed by atoms with Crippen molar-refractivity contribution < 1.29 is 9.47 Å². The van der Waals surface area contributed by atoms with Crippen molar-refractivity contribution >= 4 is 0 Å². The summed E-state index contributed by atoms with van der Waals surface area (Å²) in [5.74, 6) is 1.71. The van der Waals surface area contributed by atoms with Gasteiger partial charge in [0, 0.05) is 17.6 Å². The Kier molecular flexibility index (Phi) is 5.23. The van der Waals surface area contributed by atoms with Crippen molar-refractivity contribution in [1.29, 1.82) is 0 Å². The number of hydrogen-bond donors (Lipinski definition) is 1. The van der Waals surface area contributed by atoms with Crippen LogP contribution in [-0.4, -0.2) is 14.2 Å². The van der Waals surface area contributed by atoms with E-state index in [-0.39, 0.29) is 12.1 Å². The van der Waals surface area contributed by atoms with Crippen LogP contribution in [0.3, 0.4) is 0 Å². The van der Waals surface area contributed by atoms with E-state index in [2.05, 4.69) is 43.4 Å². The zero-order valence-electron chi connectivity index (χ0n) is 13.1. The van der Waals surface area contributed by atoms with E-state index in [0.29, 0.717) is 0 Å². The molecule has 0 amide bonds. The second-order valence-corrected chi connectivity index (χ2v) is 5.13. The maximum absolute atomic E-state index is 5.46. The first-order valence-electron chi connectivity index (χ1n) is 7.18. The molecule has 0 bridgehead atoms. The van der Waals surface area contributed by atoms with Gasteiger partial charge in [-0.2, -0.15) is 0 Å². The van der Waals surface area contributed by atoms with Gasteiger partial charge in [0.2, 0.25) is 0 Å². The van der Waals surface area contributed by atoms with Crippen LogP contribution in [0.25, 0.3) is 0 Å². The topological polar surface area (TPSA) is 30.5 Å². The van der Waals surface area contributed by atoms with Crippen LogP contribution < -0.4 is 14.8 Å². The van der Waals surface area contributed by atoms with E-state index in [4.69, 9.17) is 9.47 Å². The normalized spacial score (nSPS) is 13.5. The maximum Gasteiger partial charge on any atom is 0.123 e. The van der Waals surface area contributed by atoms with Gasteiger partial charge in [-0.25, -0.2) is 0 Å². The molecule has 0 fully saturated rings. The number of ether oxygens (including phenoxy) is 2. The van der Waals surface area contributed by atoms with Crippen LogP contribution in [0.2, 0.25) is 0 Å². The van der Waals surface area contributed by atoms with Crippen molar-refractivity contribution in [1.82, 2.24) is 5.32 Å². The summed E-state index contributed by atoms with van der Waals surface area (Å²) in [4.78, 5) is 0. The predicted molar refractivity (Wildman–Crippen MR) is 86.0 cm³/mol. The Bertz CT molecular complexity index is 569. The smallest absolute Gasteiger partial charge is 0.123 e. The Balaban J connectivity index is 2.18. The minimum atomic E-state index is 0.158. The predicted octanol–water partition coefficient (Wildman–Crippen LogP) is 4.12. The summed E-state index contributed by atoms with van der Waals surface area (Å²) in [6, 6.07) is 16.7. The standard InChI is InChI=1S/C18H23NO2/c1-13(15-8-6-5-7-9-15)19-14(2)17-12-16(20-3)10-11-18(17)21-4/h5-14,19H,1-4H3. The summed E-state index contributed by atoms with van der Waals surface area (Å²) in [7, 11) is 3.37. The molecule has 0 aliphatic heterocycles. The molecule has 112 valence electrons. The number of benzene rings is 2. The lowest BCUT2D eigenvalue weighted by Crippen LogP contribution is -2.22. The highest BCUT2D eigenvalue weighted by molar-refractivity contribution is 5.42. The van der Waals surface area contributed by atoms with E-state index in [9.17, 15) is 0 Å². The number of methoxy groups -OCH3 is 2. The first-order valence-corrected chi connectivity index (χ1v) is 7.18. The van der Waals surface area contributed by atoms with Gasteiger partial charge in [-0.05, 0) is 37.6 Å². The zero-order chi connectivity index (χ0) is 15.2. The molecule has 2 aromatic carbocycles. The highest BCUT2D eigenvalue weighted by Gasteiger charge is 2.15. The fraction of sp³-hybridized carbons (Fsp3) is 0.333. The van der Waals surface area contributed by atoms with Crippen LogP contribution in [-0.2, 0) is 0 Å². The van der Waals surface area contributed by atoms with Crippen molar-refractivity contribution in [3.63, 3.8) is 0 Å². The second-order valence-electron chi connectivity index (χ2n) is 5.13. The molecule has 3 heteroatoms. The lowest BCUT2D eigenvalue weighted by Gasteiger charge is -2.22. The van der Waals surface area contributed by atoms with E-state index in [1.165, 1.54) is 5.56 Å². The monoisotopic (exact) mass is 285 g/mol. The number of nitrogens with one attached hydrogen (secondary N) is 1. The molecule has 2 rings (SSSR count). The Labute approximate surface area is 126 Å². The number of hydrogen-bond acceptors (Lipinski definition) is 3. The van der Waals surface area contributed by atoms with E-state index >= 15 is 0 Å². The minimum absolute atomic E-state index is 0.158. The second kappa shape index (κ2) is 7.14. The van der Waals surface area contributed by atoms with Crippen molar-refractivity contribution in [2.24, 2.45) is 0 Å². The first-order chi connectivity index (χ1) is 10.2. The summed E-state index contributed by atoms with van der Waals surface area (Å²) < 4.78 is 10.8. The summed E-state index contributed by atoms with van der Waals surface area (Å²) in [6.45, 7) is 4.30. The van der Waals surface area contributed by atoms with Crippen LogP contribution in [0.15, 0.2) is 48.5 Å². The van der Waals surface area contributed by atoms with E-state index < -0.39 is 0 Å². The SMILES string of the molecule is COc1ccc(OC)c(C(C)NC(C)c2ccccc2)c1. The van der Waals surface area contributed by atoms with Crippen molar-refractivity contribution in [2.45, 2.75) is 25.9 Å². The average Bonchev–Trinajstić information content (AvgIpc) is 2.54. The fourth-order valence-corrected chi connectivity index (χ4v) is 2.48. The van der Waals surface area contributed by atoms with Crippen LogP contribution in [0.5, 0.6) is 11.5 Å². The van der Waals surface area contributed by atoms with Crippen molar-refractivity contribution in [3.8, 4) is 11.5 Å². The molecule has 2 atom stereocenters. The van der Waals surface area contributed by atoms with E-state index in [1.807, 2.05) is 24.3 Å². The molecule has 0 aliphatic carbocycles.